The van der Waals surface area contributed by atoms with Crippen LogP contribution in [0.4, 0.5) is 11.4 Å². The number of aryl methyl sites for hydroxylation is 1. The minimum atomic E-state index is -0.542. The van der Waals surface area contributed by atoms with Gasteiger partial charge in [0.1, 0.15) is 0 Å². The summed E-state index contributed by atoms with van der Waals surface area (Å²) in [5.41, 5.74) is 2.10. The number of H-pyrrole nitrogens is 1. The van der Waals surface area contributed by atoms with Gasteiger partial charge in [-0.25, -0.2) is 0 Å². The maximum Gasteiger partial charge on any atom is 0.278 e. The first kappa shape index (κ1) is 23.5. The number of hydrogen-bond acceptors (Lipinski definition) is 6. The molecule has 1 heterocycles. The van der Waals surface area contributed by atoms with E-state index in [1.165, 1.54) is 0 Å². The second-order valence-corrected chi connectivity index (χ2v) is 8.78. The van der Waals surface area contributed by atoms with Crippen LogP contribution in [0.3, 0.4) is 0 Å². The standard InChI is InChI=1S/C22H22ClN5O3S/c1-4-18(29)25-17-10-5-12(2)11-16(17)19-21(31)26-22(28-27-19)32-13(3)20(30)24-15-8-6-14(23)7-9-15/h5-11,13H,4H2,1-3H3,(H,24,30)(H,25,29)(H,26,28,31)/t13-/m1/s1. The van der Waals surface area contributed by atoms with Crippen molar-refractivity contribution in [1.29, 1.82) is 0 Å². The zero-order valence-electron chi connectivity index (χ0n) is 17.7. The smallest absolute Gasteiger partial charge is 0.278 e. The highest BCUT2D eigenvalue weighted by molar-refractivity contribution is 8.00. The lowest BCUT2D eigenvalue weighted by Gasteiger charge is -2.12. The van der Waals surface area contributed by atoms with Gasteiger partial charge in [0.15, 0.2) is 10.9 Å². The molecule has 3 aromatic rings. The van der Waals surface area contributed by atoms with Gasteiger partial charge >= 0.3 is 0 Å². The molecular weight excluding hydrogens is 450 g/mol. The predicted octanol–water partition coefficient (Wildman–Crippen LogP) is 4.26. The molecule has 2 aromatic carbocycles. The lowest BCUT2D eigenvalue weighted by molar-refractivity contribution is -0.116. The molecule has 0 aliphatic carbocycles. The summed E-state index contributed by atoms with van der Waals surface area (Å²) < 4.78 is 0. The Morgan fingerprint density at radius 2 is 1.84 bits per heavy atom. The predicted molar refractivity (Wildman–Crippen MR) is 127 cm³/mol. The number of aromatic nitrogens is 3. The van der Waals surface area contributed by atoms with E-state index in [0.29, 0.717) is 28.4 Å². The van der Waals surface area contributed by atoms with E-state index in [1.54, 1.807) is 50.2 Å². The Balaban J connectivity index is 1.77. The number of hydrogen-bond donors (Lipinski definition) is 3. The molecule has 2 amide bonds. The molecular formula is C22H22ClN5O3S. The van der Waals surface area contributed by atoms with E-state index in [2.05, 4.69) is 25.8 Å². The zero-order chi connectivity index (χ0) is 23.3. The quantitative estimate of drug-likeness (QED) is 0.443. The maximum absolute atomic E-state index is 12.7. The summed E-state index contributed by atoms with van der Waals surface area (Å²) in [7, 11) is 0. The highest BCUT2D eigenvalue weighted by atomic mass is 35.5. The first-order chi connectivity index (χ1) is 15.3. The van der Waals surface area contributed by atoms with Crippen molar-refractivity contribution in [3.8, 4) is 11.3 Å². The van der Waals surface area contributed by atoms with Crippen molar-refractivity contribution in [2.24, 2.45) is 0 Å². The Hall–Kier alpha value is -3.17. The van der Waals surface area contributed by atoms with Crippen molar-refractivity contribution >= 4 is 46.6 Å². The average Bonchev–Trinajstić information content (AvgIpc) is 2.76. The number of rotatable bonds is 7. The van der Waals surface area contributed by atoms with Crippen LogP contribution in [0.5, 0.6) is 0 Å². The van der Waals surface area contributed by atoms with Crippen LogP contribution in [0.15, 0.2) is 52.4 Å². The molecule has 0 spiro atoms. The molecule has 0 radical (unpaired) electrons. The van der Waals surface area contributed by atoms with Gasteiger partial charge in [0.2, 0.25) is 11.8 Å². The minimum absolute atomic E-state index is 0.0859. The second-order valence-electron chi connectivity index (χ2n) is 7.01. The normalized spacial score (nSPS) is 11.6. The van der Waals surface area contributed by atoms with E-state index in [4.69, 9.17) is 11.6 Å². The number of carbonyl (C=O) groups is 2. The second kappa shape index (κ2) is 10.4. The number of halogens is 1. The van der Waals surface area contributed by atoms with Crippen molar-refractivity contribution in [3.63, 3.8) is 0 Å². The first-order valence-electron chi connectivity index (χ1n) is 9.87. The first-order valence-corrected chi connectivity index (χ1v) is 11.1. The third-order valence-electron chi connectivity index (χ3n) is 4.47. The van der Waals surface area contributed by atoms with Gasteiger partial charge in [0.25, 0.3) is 5.56 Å². The molecule has 3 rings (SSSR count). The fourth-order valence-electron chi connectivity index (χ4n) is 2.75. The summed E-state index contributed by atoms with van der Waals surface area (Å²) in [6.45, 7) is 5.32. The van der Waals surface area contributed by atoms with Crippen LogP contribution in [0.1, 0.15) is 25.8 Å². The van der Waals surface area contributed by atoms with Crippen LogP contribution < -0.4 is 16.2 Å². The van der Waals surface area contributed by atoms with Gasteiger partial charge in [-0.05, 0) is 50.2 Å². The van der Waals surface area contributed by atoms with Crippen molar-refractivity contribution in [2.75, 3.05) is 10.6 Å². The molecule has 0 saturated carbocycles. The van der Waals surface area contributed by atoms with Crippen LogP contribution in [0.25, 0.3) is 11.3 Å². The van der Waals surface area contributed by atoms with Crippen LogP contribution >= 0.6 is 23.4 Å². The molecule has 0 unspecified atom stereocenters. The summed E-state index contributed by atoms with van der Waals surface area (Å²) in [6, 6.07) is 12.1. The highest BCUT2D eigenvalue weighted by Crippen LogP contribution is 2.26. The molecule has 10 heteroatoms. The lowest BCUT2D eigenvalue weighted by Crippen LogP contribution is -2.23. The van der Waals surface area contributed by atoms with Crippen LogP contribution in [-0.2, 0) is 9.59 Å². The van der Waals surface area contributed by atoms with E-state index < -0.39 is 10.8 Å². The molecule has 1 aromatic heterocycles. The third-order valence-corrected chi connectivity index (χ3v) is 5.70. The molecule has 3 N–H and O–H groups in total. The summed E-state index contributed by atoms with van der Waals surface area (Å²) in [6.07, 6.45) is 0.306. The van der Waals surface area contributed by atoms with Gasteiger partial charge < -0.3 is 10.6 Å². The van der Waals surface area contributed by atoms with Gasteiger partial charge in [-0.2, -0.15) is 0 Å². The summed E-state index contributed by atoms with van der Waals surface area (Å²) in [4.78, 5) is 39.7. The van der Waals surface area contributed by atoms with Gasteiger partial charge in [0, 0.05) is 22.7 Å². The Bertz CT molecular complexity index is 1200. The molecule has 8 nitrogen and oxygen atoms in total. The Morgan fingerprint density at radius 3 is 2.50 bits per heavy atom. The van der Waals surface area contributed by atoms with E-state index in [0.717, 1.165) is 17.3 Å². The summed E-state index contributed by atoms with van der Waals surface area (Å²) >= 11 is 6.93. The van der Waals surface area contributed by atoms with E-state index in [1.807, 2.05) is 13.0 Å². The van der Waals surface area contributed by atoms with Crippen LogP contribution in [0, 0.1) is 6.92 Å². The number of anilines is 2. The van der Waals surface area contributed by atoms with Gasteiger partial charge in [0.05, 0.1) is 10.9 Å². The number of amides is 2. The van der Waals surface area contributed by atoms with E-state index in [-0.39, 0.29) is 22.7 Å². The molecule has 1 atom stereocenters. The van der Waals surface area contributed by atoms with Crippen LogP contribution in [0.2, 0.25) is 5.02 Å². The SMILES string of the molecule is CCC(=O)Nc1ccc(C)cc1-c1nnc(S[C@H](C)C(=O)Nc2ccc(Cl)cc2)[nH]c1=O. The largest absolute Gasteiger partial charge is 0.325 e. The Morgan fingerprint density at radius 1 is 1.12 bits per heavy atom. The third kappa shape index (κ3) is 5.95. The number of thioether (sulfide) groups is 1. The molecule has 0 bridgehead atoms. The Kier molecular flexibility index (Phi) is 7.66. The number of nitrogens with one attached hydrogen (secondary N) is 3. The fraction of sp³-hybridized carbons (Fsp3) is 0.227. The minimum Gasteiger partial charge on any atom is -0.325 e. The lowest BCUT2D eigenvalue weighted by atomic mass is 10.1. The van der Waals surface area contributed by atoms with Gasteiger partial charge in [-0.1, -0.05) is 41.9 Å². The highest BCUT2D eigenvalue weighted by Gasteiger charge is 2.19. The molecule has 0 saturated heterocycles. The monoisotopic (exact) mass is 471 g/mol. The summed E-state index contributed by atoms with van der Waals surface area (Å²) in [5, 5.41) is 14.0. The number of nitrogens with zero attached hydrogens (tertiary/aromatic N) is 2. The number of carbonyl (C=O) groups excluding carboxylic acids is 2. The average molecular weight is 472 g/mol. The molecule has 0 aliphatic heterocycles. The molecule has 0 fully saturated rings. The topological polar surface area (TPSA) is 117 Å². The van der Waals surface area contributed by atoms with Crippen LogP contribution in [-0.4, -0.2) is 32.2 Å². The van der Waals surface area contributed by atoms with Crippen molar-refractivity contribution < 1.29 is 9.59 Å². The maximum atomic E-state index is 12.7. The Labute approximate surface area is 194 Å². The molecule has 32 heavy (non-hydrogen) atoms. The fourth-order valence-corrected chi connectivity index (χ4v) is 3.62. The van der Waals surface area contributed by atoms with E-state index in [9.17, 15) is 14.4 Å². The van der Waals surface area contributed by atoms with Gasteiger partial charge in [-0.15, -0.1) is 10.2 Å². The van der Waals surface area contributed by atoms with Gasteiger partial charge in [-0.3, -0.25) is 19.4 Å². The van der Waals surface area contributed by atoms with E-state index >= 15 is 0 Å². The number of aromatic amines is 1. The van der Waals surface area contributed by atoms with Crippen molar-refractivity contribution in [2.45, 2.75) is 37.6 Å². The molecule has 0 aliphatic rings. The molecule has 166 valence electrons. The van der Waals surface area contributed by atoms with Crippen molar-refractivity contribution in [3.05, 3.63) is 63.4 Å². The summed E-state index contributed by atoms with van der Waals surface area (Å²) in [5.74, 6) is -0.431. The van der Waals surface area contributed by atoms with Crippen molar-refractivity contribution in [1.82, 2.24) is 15.2 Å². The zero-order valence-corrected chi connectivity index (χ0v) is 19.3. The number of benzene rings is 2.